The lowest BCUT2D eigenvalue weighted by Gasteiger charge is -2.15. The number of ether oxygens (including phenoxy) is 2. The Labute approximate surface area is 125 Å². The van der Waals surface area contributed by atoms with Crippen molar-refractivity contribution in [1.29, 1.82) is 0 Å². The number of rotatable bonds is 6. The summed E-state index contributed by atoms with van der Waals surface area (Å²) in [6.07, 6.45) is 0. The Hall–Kier alpha value is -2.20. The third-order valence-electron chi connectivity index (χ3n) is 3.45. The smallest absolute Gasteiger partial charge is 0.160 e. The van der Waals surface area contributed by atoms with Crippen molar-refractivity contribution in [2.45, 2.75) is 19.5 Å². The van der Waals surface area contributed by atoms with Gasteiger partial charge in [0.15, 0.2) is 11.5 Å². The molecule has 2 rings (SSSR count). The zero-order chi connectivity index (χ0) is 15.2. The van der Waals surface area contributed by atoms with E-state index in [4.69, 9.17) is 9.47 Å². The summed E-state index contributed by atoms with van der Waals surface area (Å²) in [5.74, 6) is 1.50. The Morgan fingerprint density at radius 3 is 2.62 bits per heavy atom. The highest BCUT2D eigenvalue weighted by atomic mass is 16.5. The standard InChI is InChI=1S/C17H21NO3/c1-12(14-5-4-6-15(10-14)20-2)18-11-13-7-8-16(19)17(9-13)21-3/h4-10,12,18-19H,11H2,1-3H3. The third-order valence-corrected chi connectivity index (χ3v) is 3.45. The SMILES string of the molecule is COc1cccc(C(C)NCc2ccc(O)c(OC)c2)c1. The summed E-state index contributed by atoms with van der Waals surface area (Å²) in [7, 11) is 3.21. The molecule has 0 aliphatic heterocycles. The van der Waals surface area contributed by atoms with Crippen LogP contribution in [0.1, 0.15) is 24.1 Å². The van der Waals surface area contributed by atoms with E-state index in [0.717, 1.165) is 11.3 Å². The Bertz CT molecular complexity index is 598. The summed E-state index contributed by atoms with van der Waals surface area (Å²) in [5.41, 5.74) is 2.22. The van der Waals surface area contributed by atoms with E-state index < -0.39 is 0 Å². The molecular formula is C17H21NO3. The Morgan fingerprint density at radius 2 is 1.90 bits per heavy atom. The van der Waals surface area contributed by atoms with Gasteiger partial charge in [0.1, 0.15) is 5.75 Å². The molecule has 0 saturated heterocycles. The van der Waals surface area contributed by atoms with E-state index in [0.29, 0.717) is 12.3 Å². The van der Waals surface area contributed by atoms with Crippen LogP contribution >= 0.6 is 0 Å². The van der Waals surface area contributed by atoms with Crippen molar-refractivity contribution in [2.75, 3.05) is 14.2 Å². The molecule has 0 aliphatic carbocycles. The number of nitrogens with one attached hydrogen (secondary N) is 1. The van der Waals surface area contributed by atoms with Crippen LogP contribution in [0, 0.1) is 0 Å². The van der Waals surface area contributed by atoms with Gasteiger partial charge in [-0.1, -0.05) is 18.2 Å². The van der Waals surface area contributed by atoms with E-state index >= 15 is 0 Å². The Balaban J connectivity index is 2.01. The maximum Gasteiger partial charge on any atom is 0.160 e. The van der Waals surface area contributed by atoms with Gasteiger partial charge in [-0.3, -0.25) is 0 Å². The van der Waals surface area contributed by atoms with Gasteiger partial charge in [-0.05, 0) is 42.3 Å². The van der Waals surface area contributed by atoms with Crippen molar-refractivity contribution in [2.24, 2.45) is 0 Å². The second-order valence-electron chi connectivity index (χ2n) is 4.89. The van der Waals surface area contributed by atoms with Crippen LogP contribution in [0.3, 0.4) is 0 Å². The molecule has 1 atom stereocenters. The second kappa shape index (κ2) is 6.99. The van der Waals surface area contributed by atoms with Gasteiger partial charge in [0.05, 0.1) is 14.2 Å². The van der Waals surface area contributed by atoms with E-state index in [1.165, 1.54) is 5.56 Å². The van der Waals surface area contributed by atoms with Crippen LogP contribution in [0.25, 0.3) is 0 Å². The first-order valence-electron chi connectivity index (χ1n) is 6.87. The highest BCUT2D eigenvalue weighted by molar-refractivity contribution is 5.41. The van der Waals surface area contributed by atoms with Gasteiger partial charge in [0, 0.05) is 12.6 Å². The fraction of sp³-hybridized carbons (Fsp3) is 0.294. The predicted molar refractivity (Wildman–Crippen MR) is 82.9 cm³/mol. The van der Waals surface area contributed by atoms with Crippen LogP contribution < -0.4 is 14.8 Å². The Kier molecular flexibility index (Phi) is 5.06. The molecule has 2 N–H and O–H groups in total. The first-order valence-corrected chi connectivity index (χ1v) is 6.87. The molecule has 0 radical (unpaired) electrons. The molecular weight excluding hydrogens is 266 g/mol. The van der Waals surface area contributed by atoms with Crippen LogP contribution in [0.4, 0.5) is 0 Å². The third kappa shape index (κ3) is 3.89. The molecule has 21 heavy (non-hydrogen) atoms. The van der Waals surface area contributed by atoms with E-state index in [1.54, 1.807) is 20.3 Å². The first kappa shape index (κ1) is 15.2. The summed E-state index contributed by atoms with van der Waals surface area (Å²) in [6.45, 7) is 2.79. The number of hydrogen-bond acceptors (Lipinski definition) is 4. The molecule has 4 nitrogen and oxygen atoms in total. The molecule has 4 heteroatoms. The van der Waals surface area contributed by atoms with Gasteiger partial charge in [0.2, 0.25) is 0 Å². The highest BCUT2D eigenvalue weighted by Crippen LogP contribution is 2.26. The number of aromatic hydroxyl groups is 1. The molecule has 0 bridgehead atoms. The molecule has 0 spiro atoms. The molecule has 0 amide bonds. The van der Waals surface area contributed by atoms with Crippen molar-refractivity contribution < 1.29 is 14.6 Å². The largest absolute Gasteiger partial charge is 0.504 e. The highest BCUT2D eigenvalue weighted by Gasteiger charge is 2.07. The van der Waals surface area contributed by atoms with Crippen LogP contribution in [0.5, 0.6) is 17.2 Å². The van der Waals surface area contributed by atoms with E-state index in [-0.39, 0.29) is 11.8 Å². The van der Waals surface area contributed by atoms with Gasteiger partial charge in [-0.2, -0.15) is 0 Å². The lowest BCUT2D eigenvalue weighted by atomic mass is 10.1. The summed E-state index contributed by atoms with van der Waals surface area (Å²) in [5, 5.41) is 13.0. The fourth-order valence-electron chi connectivity index (χ4n) is 2.13. The summed E-state index contributed by atoms with van der Waals surface area (Å²) >= 11 is 0. The van der Waals surface area contributed by atoms with Crippen molar-refractivity contribution >= 4 is 0 Å². The molecule has 0 aromatic heterocycles. The molecule has 112 valence electrons. The quantitative estimate of drug-likeness (QED) is 0.856. The molecule has 1 unspecified atom stereocenters. The predicted octanol–water partition coefficient (Wildman–Crippen LogP) is 3.26. The van der Waals surface area contributed by atoms with Gasteiger partial charge in [-0.25, -0.2) is 0 Å². The summed E-state index contributed by atoms with van der Waals surface area (Å²) < 4.78 is 10.4. The van der Waals surface area contributed by atoms with Gasteiger partial charge < -0.3 is 19.9 Å². The maximum atomic E-state index is 9.59. The van der Waals surface area contributed by atoms with Crippen molar-refractivity contribution in [3.8, 4) is 17.2 Å². The van der Waals surface area contributed by atoms with Crippen molar-refractivity contribution in [3.63, 3.8) is 0 Å². The number of phenols is 1. The Morgan fingerprint density at radius 1 is 1.10 bits per heavy atom. The molecule has 0 aliphatic rings. The molecule has 0 heterocycles. The first-order chi connectivity index (χ1) is 10.1. The average molecular weight is 287 g/mol. The van der Waals surface area contributed by atoms with Gasteiger partial charge in [0.25, 0.3) is 0 Å². The number of benzene rings is 2. The number of methoxy groups -OCH3 is 2. The minimum atomic E-state index is 0.155. The van der Waals surface area contributed by atoms with E-state index in [1.807, 2.05) is 30.3 Å². The summed E-state index contributed by atoms with van der Waals surface area (Å²) in [6, 6.07) is 13.6. The topological polar surface area (TPSA) is 50.7 Å². The maximum absolute atomic E-state index is 9.59. The zero-order valence-electron chi connectivity index (χ0n) is 12.6. The lowest BCUT2D eigenvalue weighted by molar-refractivity contribution is 0.372. The molecule has 2 aromatic rings. The van der Waals surface area contributed by atoms with Crippen LogP contribution in [0.2, 0.25) is 0 Å². The lowest BCUT2D eigenvalue weighted by Crippen LogP contribution is -2.18. The minimum Gasteiger partial charge on any atom is -0.504 e. The van der Waals surface area contributed by atoms with Crippen molar-refractivity contribution in [3.05, 3.63) is 53.6 Å². The van der Waals surface area contributed by atoms with Gasteiger partial charge in [-0.15, -0.1) is 0 Å². The second-order valence-corrected chi connectivity index (χ2v) is 4.89. The summed E-state index contributed by atoms with van der Waals surface area (Å²) in [4.78, 5) is 0. The molecule has 0 saturated carbocycles. The van der Waals surface area contributed by atoms with Crippen LogP contribution in [0.15, 0.2) is 42.5 Å². The van der Waals surface area contributed by atoms with E-state index in [9.17, 15) is 5.11 Å². The van der Waals surface area contributed by atoms with Crippen LogP contribution in [-0.2, 0) is 6.54 Å². The minimum absolute atomic E-state index is 0.155. The number of phenolic OH excluding ortho intramolecular Hbond substituents is 1. The normalized spacial score (nSPS) is 12.0. The zero-order valence-corrected chi connectivity index (χ0v) is 12.6. The molecule has 0 fully saturated rings. The van der Waals surface area contributed by atoms with Crippen molar-refractivity contribution in [1.82, 2.24) is 5.32 Å². The van der Waals surface area contributed by atoms with Gasteiger partial charge >= 0.3 is 0 Å². The van der Waals surface area contributed by atoms with Crippen LogP contribution in [-0.4, -0.2) is 19.3 Å². The monoisotopic (exact) mass is 287 g/mol. The van der Waals surface area contributed by atoms with E-state index in [2.05, 4.69) is 18.3 Å². The molecule has 2 aromatic carbocycles. The fourth-order valence-corrected chi connectivity index (χ4v) is 2.13. The average Bonchev–Trinajstić information content (AvgIpc) is 2.53. The number of hydrogen-bond donors (Lipinski definition) is 2.